The van der Waals surface area contributed by atoms with Crippen LogP contribution in [0.15, 0.2) is 34.2 Å². The number of aryl methyl sites for hydroxylation is 2. The molecule has 1 N–H and O–H groups in total. The fraction of sp³-hybridized carbons (Fsp3) is 0.429. The van der Waals surface area contributed by atoms with E-state index in [4.69, 9.17) is 16.6 Å². The summed E-state index contributed by atoms with van der Waals surface area (Å²) in [6.07, 6.45) is 0.854. The van der Waals surface area contributed by atoms with Gasteiger partial charge in [-0.15, -0.1) is 0 Å². The molecule has 0 spiro atoms. The molecule has 1 unspecified atom stereocenters. The molecule has 3 rings (SSSR count). The topological polar surface area (TPSA) is 81.8 Å². The van der Waals surface area contributed by atoms with Crippen molar-refractivity contribution in [2.75, 3.05) is 5.75 Å². The molecule has 0 saturated heterocycles. The Kier molecular flexibility index (Phi) is 7.20. The lowest BCUT2D eigenvalue weighted by atomic mass is 10.2. The van der Waals surface area contributed by atoms with Crippen LogP contribution in [-0.4, -0.2) is 37.0 Å². The molecule has 160 valence electrons. The van der Waals surface area contributed by atoms with Gasteiger partial charge in [0.1, 0.15) is 5.52 Å². The molecule has 1 atom stereocenters. The average Bonchev–Trinajstić information content (AvgIpc) is 3.05. The molecule has 0 aliphatic heterocycles. The van der Waals surface area contributed by atoms with E-state index in [2.05, 4.69) is 10.4 Å². The molecule has 1 amide bonds. The minimum Gasteiger partial charge on any atom is -0.353 e. The Labute approximate surface area is 184 Å². The molecule has 30 heavy (non-hydrogen) atoms. The average molecular weight is 448 g/mol. The number of hydrogen-bond acceptors (Lipinski definition) is 5. The van der Waals surface area contributed by atoms with Crippen molar-refractivity contribution < 1.29 is 4.79 Å². The summed E-state index contributed by atoms with van der Waals surface area (Å²) in [6, 6.07) is 7.50. The van der Waals surface area contributed by atoms with Crippen LogP contribution in [0.2, 0.25) is 5.02 Å². The van der Waals surface area contributed by atoms with Crippen LogP contribution in [0.5, 0.6) is 0 Å². The van der Waals surface area contributed by atoms with E-state index >= 15 is 0 Å². The van der Waals surface area contributed by atoms with Crippen LogP contribution in [0.1, 0.15) is 38.4 Å². The Balaban J connectivity index is 2.05. The maximum atomic E-state index is 13.4. The normalized spacial score (nSPS) is 12.3. The van der Waals surface area contributed by atoms with E-state index in [0.29, 0.717) is 33.5 Å². The predicted molar refractivity (Wildman–Crippen MR) is 121 cm³/mol. The number of rotatable bonds is 8. The van der Waals surface area contributed by atoms with E-state index in [1.165, 1.54) is 11.8 Å². The van der Waals surface area contributed by atoms with Crippen molar-refractivity contribution in [1.29, 1.82) is 0 Å². The van der Waals surface area contributed by atoms with Gasteiger partial charge in [0, 0.05) is 17.6 Å². The van der Waals surface area contributed by atoms with Gasteiger partial charge in [0.15, 0.2) is 10.7 Å². The number of benzene rings is 1. The number of halogens is 1. The molecule has 0 saturated carbocycles. The molecular weight excluding hydrogens is 422 g/mol. The number of aromatic nitrogens is 4. The van der Waals surface area contributed by atoms with Crippen molar-refractivity contribution in [2.24, 2.45) is 0 Å². The largest absolute Gasteiger partial charge is 0.353 e. The SMILES string of the molecule is CCC(C)NC(=O)CSc1nc2c(C)nn(CC)c2c(=O)n1Cc1ccccc1Cl. The molecule has 7 nitrogen and oxygen atoms in total. The van der Waals surface area contributed by atoms with Gasteiger partial charge in [-0.05, 0) is 38.8 Å². The first-order valence-corrected chi connectivity index (χ1v) is 11.4. The van der Waals surface area contributed by atoms with E-state index in [1.54, 1.807) is 15.3 Å². The number of fused-ring (bicyclic) bond motifs is 1. The van der Waals surface area contributed by atoms with Gasteiger partial charge >= 0.3 is 0 Å². The van der Waals surface area contributed by atoms with Gasteiger partial charge in [-0.2, -0.15) is 5.10 Å². The molecule has 2 aromatic heterocycles. The van der Waals surface area contributed by atoms with Crippen LogP contribution in [-0.2, 0) is 17.9 Å². The van der Waals surface area contributed by atoms with Crippen molar-refractivity contribution in [3.63, 3.8) is 0 Å². The zero-order chi connectivity index (χ0) is 21.8. The van der Waals surface area contributed by atoms with Crippen LogP contribution in [0.3, 0.4) is 0 Å². The van der Waals surface area contributed by atoms with E-state index in [1.807, 2.05) is 45.9 Å². The first-order valence-electron chi connectivity index (χ1n) is 9.99. The Hall–Kier alpha value is -2.32. The van der Waals surface area contributed by atoms with E-state index in [0.717, 1.165) is 12.0 Å². The molecule has 2 heterocycles. The van der Waals surface area contributed by atoms with Crippen LogP contribution < -0.4 is 10.9 Å². The molecule has 3 aromatic rings. The molecule has 0 aliphatic rings. The predicted octanol–water partition coefficient (Wildman–Crippen LogP) is 3.63. The highest BCUT2D eigenvalue weighted by Gasteiger charge is 2.20. The highest BCUT2D eigenvalue weighted by Crippen LogP contribution is 2.23. The van der Waals surface area contributed by atoms with Crippen LogP contribution in [0.4, 0.5) is 0 Å². The molecule has 0 radical (unpaired) electrons. The summed E-state index contributed by atoms with van der Waals surface area (Å²) in [6.45, 7) is 8.59. The highest BCUT2D eigenvalue weighted by molar-refractivity contribution is 7.99. The Morgan fingerprint density at radius 1 is 1.30 bits per heavy atom. The lowest BCUT2D eigenvalue weighted by molar-refractivity contribution is -0.119. The number of carbonyl (C=O) groups excluding carboxylic acids is 1. The number of nitrogens with one attached hydrogen (secondary N) is 1. The summed E-state index contributed by atoms with van der Waals surface area (Å²) >= 11 is 7.58. The fourth-order valence-electron chi connectivity index (χ4n) is 3.11. The third-order valence-electron chi connectivity index (χ3n) is 4.92. The Morgan fingerprint density at radius 3 is 2.70 bits per heavy atom. The zero-order valence-electron chi connectivity index (χ0n) is 17.6. The lowest BCUT2D eigenvalue weighted by Crippen LogP contribution is -2.33. The molecule has 0 aliphatic carbocycles. The second kappa shape index (κ2) is 9.66. The van der Waals surface area contributed by atoms with E-state index in [9.17, 15) is 9.59 Å². The van der Waals surface area contributed by atoms with Crippen LogP contribution in [0.25, 0.3) is 11.0 Å². The Bertz CT molecular complexity index is 1120. The molecule has 0 bridgehead atoms. The van der Waals surface area contributed by atoms with Gasteiger partial charge in [-0.3, -0.25) is 18.8 Å². The van der Waals surface area contributed by atoms with E-state index < -0.39 is 0 Å². The van der Waals surface area contributed by atoms with Gasteiger partial charge in [0.25, 0.3) is 5.56 Å². The summed E-state index contributed by atoms with van der Waals surface area (Å²) in [5, 5.41) is 8.45. The summed E-state index contributed by atoms with van der Waals surface area (Å²) in [5.41, 5.74) is 2.36. The van der Waals surface area contributed by atoms with E-state index in [-0.39, 0.29) is 29.8 Å². The monoisotopic (exact) mass is 447 g/mol. The number of amides is 1. The van der Waals surface area contributed by atoms with Crippen molar-refractivity contribution >= 4 is 40.3 Å². The third kappa shape index (κ3) is 4.70. The van der Waals surface area contributed by atoms with Crippen molar-refractivity contribution in [3.05, 3.63) is 50.9 Å². The van der Waals surface area contributed by atoms with Crippen LogP contribution in [0, 0.1) is 6.92 Å². The van der Waals surface area contributed by atoms with Gasteiger partial charge in [0.05, 0.1) is 18.0 Å². The van der Waals surface area contributed by atoms with Gasteiger partial charge in [0.2, 0.25) is 5.91 Å². The third-order valence-corrected chi connectivity index (χ3v) is 6.26. The molecular formula is C21H26ClN5O2S. The maximum absolute atomic E-state index is 13.4. The highest BCUT2D eigenvalue weighted by atomic mass is 35.5. The number of hydrogen-bond donors (Lipinski definition) is 1. The molecule has 0 fully saturated rings. The molecule has 9 heteroatoms. The first kappa shape index (κ1) is 22.4. The quantitative estimate of drug-likeness (QED) is 0.421. The lowest BCUT2D eigenvalue weighted by Gasteiger charge is -2.14. The second-order valence-electron chi connectivity index (χ2n) is 7.14. The maximum Gasteiger partial charge on any atom is 0.280 e. The fourth-order valence-corrected chi connectivity index (χ4v) is 4.11. The minimum atomic E-state index is -0.188. The zero-order valence-corrected chi connectivity index (χ0v) is 19.2. The number of nitrogens with zero attached hydrogens (tertiary/aromatic N) is 4. The van der Waals surface area contributed by atoms with Crippen molar-refractivity contribution in [1.82, 2.24) is 24.6 Å². The standard InChI is InChI=1S/C21H26ClN5O2S/c1-5-13(3)23-17(28)12-30-21-24-18-14(4)25-27(6-2)19(18)20(29)26(21)11-15-9-7-8-10-16(15)22/h7-10,13H,5-6,11-12H2,1-4H3,(H,23,28). The number of carbonyl (C=O) groups is 1. The smallest absolute Gasteiger partial charge is 0.280 e. The minimum absolute atomic E-state index is 0.0889. The summed E-state index contributed by atoms with van der Waals surface area (Å²) in [7, 11) is 0. The van der Waals surface area contributed by atoms with Gasteiger partial charge in [-0.25, -0.2) is 4.98 Å². The van der Waals surface area contributed by atoms with Gasteiger partial charge < -0.3 is 5.32 Å². The summed E-state index contributed by atoms with van der Waals surface area (Å²) in [4.78, 5) is 30.4. The molecule has 1 aromatic carbocycles. The summed E-state index contributed by atoms with van der Waals surface area (Å²) < 4.78 is 3.26. The first-order chi connectivity index (χ1) is 14.3. The van der Waals surface area contributed by atoms with Gasteiger partial charge in [-0.1, -0.05) is 48.5 Å². The van der Waals surface area contributed by atoms with Crippen molar-refractivity contribution in [2.45, 2.75) is 58.4 Å². The second-order valence-corrected chi connectivity index (χ2v) is 8.49. The summed E-state index contributed by atoms with van der Waals surface area (Å²) in [5.74, 6) is 0.0835. The van der Waals surface area contributed by atoms with Crippen molar-refractivity contribution in [3.8, 4) is 0 Å². The van der Waals surface area contributed by atoms with Crippen LogP contribution >= 0.6 is 23.4 Å². The number of thioether (sulfide) groups is 1. The Morgan fingerprint density at radius 2 is 2.03 bits per heavy atom.